The van der Waals surface area contributed by atoms with Gasteiger partial charge in [0.2, 0.25) is 11.7 Å². The molecule has 0 aromatic heterocycles. The topological polar surface area (TPSA) is 190 Å². The summed E-state index contributed by atoms with van der Waals surface area (Å²) in [6, 6.07) is 1.98. The Morgan fingerprint density at radius 2 is 1.86 bits per heavy atom. The van der Waals surface area contributed by atoms with Crippen molar-refractivity contribution < 1.29 is 39.6 Å². The van der Waals surface area contributed by atoms with Gasteiger partial charge in [-0.2, -0.15) is 0 Å². The van der Waals surface area contributed by atoms with Gasteiger partial charge in [-0.15, -0.1) is 12.4 Å². The fourth-order valence-corrected chi connectivity index (χ4v) is 5.65. The summed E-state index contributed by atoms with van der Waals surface area (Å²) in [7, 11) is 3.13. The lowest BCUT2D eigenvalue weighted by molar-refractivity contribution is -0.148. The van der Waals surface area contributed by atoms with E-state index in [2.05, 4.69) is 21.2 Å². The van der Waals surface area contributed by atoms with Crippen molar-refractivity contribution in [2.24, 2.45) is 17.6 Å². The van der Waals surface area contributed by atoms with Gasteiger partial charge in [0.05, 0.1) is 22.6 Å². The molecule has 7 N–H and O–H groups in total. The van der Waals surface area contributed by atoms with Gasteiger partial charge in [0.15, 0.2) is 17.1 Å². The number of nitrogens with two attached hydrogens (primary N) is 1. The normalized spacial score (nSPS) is 27.2. The molecule has 0 aliphatic heterocycles. The van der Waals surface area contributed by atoms with Crippen molar-refractivity contribution >= 4 is 57.4 Å². The van der Waals surface area contributed by atoms with Crippen molar-refractivity contribution in [2.45, 2.75) is 24.5 Å². The molecule has 0 bridgehead atoms. The van der Waals surface area contributed by atoms with Gasteiger partial charge in [0, 0.05) is 11.5 Å². The van der Waals surface area contributed by atoms with E-state index in [9.17, 15) is 39.6 Å². The van der Waals surface area contributed by atoms with Crippen molar-refractivity contribution in [3.63, 3.8) is 0 Å². The second kappa shape index (κ2) is 9.51. The number of nitrogens with one attached hydrogen (secondary N) is 1. The molecule has 194 valence electrons. The number of fused-ring (bicyclic) bond motifs is 3. The van der Waals surface area contributed by atoms with E-state index in [0.29, 0.717) is 5.56 Å². The van der Waals surface area contributed by atoms with Gasteiger partial charge in [0.1, 0.15) is 17.1 Å². The van der Waals surface area contributed by atoms with Crippen molar-refractivity contribution in [2.75, 3.05) is 24.7 Å². The van der Waals surface area contributed by atoms with E-state index >= 15 is 0 Å². The van der Waals surface area contributed by atoms with E-state index < -0.39 is 69.7 Å². The molecule has 3 aliphatic rings. The number of aromatic hydroxyl groups is 1. The molecule has 0 saturated carbocycles. The van der Waals surface area contributed by atoms with Gasteiger partial charge in [-0.3, -0.25) is 24.1 Å². The average molecular weight is 587 g/mol. The number of nitrogens with zero attached hydrogens (tertiary/aromatic N) is 1. The lowest BCUT2D eigenvalue weighted by atomic mass is 9.58. The van der Waals surface area contributed by atoms with Gasteiger partial charge in [-0.1, -0.05) is 22.0 Å². The Bertz CT molecular complexity index is 1260. The number of phenolic OH excluding ortho intramolecular Hbond substituents is 1. The maximum atomic E-state index is 13.5. The molecule has 0 spiro atoms. The van der Waals surface area contributed by atoms with Crippen LogP contribution >= 0.6 is 28.3 Å². The highest BCUT2D eigenvalue weighted by Crippen LogP contribution is 2.52. The summed E-state index contributed by atoms with van der Waals surface area (Å²) < 4.78 is 0. The number of Topliss-reactive ketones (excluding diaryl/α,β-unsaturated/α-hetero) is 2. The molecule has 0 saturated heterocycles. The summed E-state index contributed by atoms with van der Waals surface area (Å²) in [4.78, 5) is 52.0. The quantitative estimate of drug-likeness (QED) is 0.169. The molecule has 1 aromatic rings. The molecule has 4 rings (SSSR count). The van der Waals surface area contributed by atoms with Gasteiger partial charge in [0.25, 0.3) is 5.91 Å². The number of anilines is 1. The van der Waals surface area contributed by atoms with Crippen molar-refractivity contribution in [1.29, 1.82) is 0 Å². The number of benzene rings is 1. The second-order valence-corrected chi connectivity index (χ2v) is 9.70. The Hall–Kier alpha value is -2.93. The number of likely N-dealkylation sites (N-methyl/N-ethyl adjacent to an activating group) is 1. The minimum atomic E-state index is -2.69. The van der Waals surface area contributed by atoms with Crippen LogP contribution < -0.4 is 11.1 Å². The zero-order valence-corrected chi connectivity index (χ0v) is 21.6. The third-order valence-corrected chi connectivity index (χ3v) is 7.50. The third-order valence-electron chi connectivity index (χ3n) is 6.99. The number of aliphatic hydroxyl groups excluding tert-OH is 2. The summed E-state index contributed by atoms with van der Waals surface area (Å²) >= 11 is 3.00. The first-order chi connectivity index (χ1) is 16.4. The summed E-state index contributed by atoms with van der Waals surface area (Å²) in [5.41, 5.74) is 1.76. The minimum absolute atomic E-state index is 0. The second-order valence-electron chi connectivity index (χ2n) is 9.14. The number of halogens is 2. The first-order valence-corrected chi connectivity index (χ1v) is 11.8. The number of hydrogen-bond donors (Lipinski definition) is 6. The highest BCUT2D eigenvalue weighted by Gasteiger charge is 2.63. The Labute approximate surface area is 220 Å². The molecule has 11 nitrogen and oxygen atoms in total. The van der Waals surface area contributed by atoms with Crippen LogP contribution in [0.4, 0.5) is 5.69 Å². The molecule has 4 atom stereocenters. The summed E-state index contributed by atoms with van der Waals surface area (Å²) in [6.07, 6.45) is 0.184. The number of primary amides is 1. The number of alkyl halides is 1. The number of ketones is 2. The van der Waals surface area contributed by atoms with Crippen molar-refractivity contribution in [1.82, 2.24) is 4.90 Å². The number of carbonyl (C=O) groups is 4. The fourth-order valence-electron chi connectivity index (χ4n) is 5.51. The maximum absolute atomic E-state index is 13.5. The summed E-state index contributed by atoms with van der Waals surface area (Å²) in [5.74, 6) is -7.66. The summed E-state index contributed by atoms with van der Waals surface area (Å²) in [5, 5.41) is 46.6. The zero-order chi connectivity index (χ0) is 26.0. The number of rotatable bonds is 4. The van der Waals surface area contributed by atoms with Crippen molar-refractivity contribution in [3.05, 3.63) is 45.9 Å². The molecule has 13 heteroatoms. The fraction of sp³-hybridized carbons (Fsp3) is 0.391. The van der Waals surface area contributed by atoms with Gasteiger partial charge in [-0.25, -0.2) is 0 Å². The third kappa shape index (κ3) is 3.79. The lowest BCUT2D eigenvalue weighted by Gasteiger charge is -2.50. The van der Waals surface area contributed by atoms with Gasteiger partial charge >= 0.3 is 0 Å². The van der Waals surface area contributed by atoms with E-state index in [4.69, 9.17) is 5.73 Å². The van der Waals surface area contributed by atoms with Crippen LogP contribution in [0.15, 0.2) is 34.8 Å². The molecule has 0 radical (unpaired) electrons. The SMILES string of the molecule is CN(C)[C@@H]1C(O)=C(C(N)=O)C(=O)[C@@]2(O)C(O)=C3C(=O)c4c(ccc(NC(=O)CBr)c4O)CC3CC12.Cl. The van der Waals surface area contributed by atoms with E-state index in [1.165, 1.54) is 11.0 Å². The lowest BCUT2D eigenvalue weighted by Crippen LogP contribution is -2.63. The van der Waals surface area contributed by atoms with E-state index in [-0.39, 0.29) is 47.4 Å². The molecular weight excluding hydrogens is 562 g/mol. The molecular formula is C23H25BrClN3O8. The van der Waals surface area contributed by atoms with Crippen LogP contribution in [0.3, 0.4) is 0 Å². The number of carbonyl (C=O) groups excluding carboxylic acids is 4. The smallest absolute Gasteiger partial charge is 0.255 e. The monoisotopic (exact) mass is 585 g/mol. The molecule has 0 heterocycles. The molecule has 2 unspecified atom stereocenters. The van der Waals surface area contributed by atoms with Crippen molar-refractivity contribution in [3.8, 4) is 5.75 Å². The van der Waals surface area contributed by atoms with Crippen LogP contribution in [0.25, 0.3) is 0 Å². The molecule has 36 heavy (non-hydrogen) atoms. The number of amides is 2. The Morgan fingerprint density at radius 3 is 2.42 bits per heavy atom. The van der Waals surface area contributed by atoms with Crippen LogP contribution in [0.2, 0.25) is 0 Å². The number of hydrogen-bond acceptors (Lipinski definition) is 9. The van der Waals surface area contributed by atoms with Gasteiger partial charge < -0.3 is 31.5 Å². The minimum Gasteiger partial charge on any atom is -0.510 e. The largest absolute Gasteiger partial charge is 0.510 e. The predicted molar refractivity (Wildman–Crippen MR) is 133 cm³/mol. The molecule has 0 fully saturated rings. The highest BCUT2D eigenvalue weighted by atomic mass is 79.9. The van der Waals surface area contributed by atoms with Crippen LogP contribution in [-0.2, 0) is 20.8 Å². The van der Waals surface area contributed by atoms with Crippen LogP contribution in [0.1, 0.15) is 22.3 Å². The van der Waals surface area contributed by atoms with Gasteiger partial charge in [-0.05, 0) is 44.5 Å². The van der Waals surface area contributed by atoms with E-state index in [1.54, 1.807) is 20.2 Å². The van der Waals surface area contributed by atoms with Crippen LogP contribution in [0, 0.1) is 11.8 Å². The highest BCUT2D eigenvalue weighted by molar-refractivity contribution is 9.09. The van der Waals surface area contributed by atoms with Crippen LogP contribution in [0.5, 0.6) is 5.75 Å². The zero-order valence-electron chi connectivity index (χ0n) is 19.2. The standard InChI is InChI=1S/C23H24BrN3O8.ClH/c1-27(2)16-10-6-9-5-8-3-4-11(26-12(28)7-24)17(29)13(8)18(30)14(9)20(32)23(10,35)21(33)15(19(16)31)22(25)34;/h3-4,9-10,16,29,31-32,35H,5-7H2,1-2H3,(H2,25,34)(H,26,28);1H/t9?,10?,16-,23-;/m0./s1. The van der Waals surface area contributed by atoms with Crippen LogP contribution in [-0.4, -0.2) is 79.8 Å². The molecule has 2 amide bonds. The molecule has 1 aromatic carbocycles. The molecule has 3 aliphatic carbocycles. The average Bonchev–Trinajstić information content (AvgIpc) is 2.77. The maximum Gasteiger partial charge on any atom is 0.255 e. The number of allylic oxidation sites excluding steroid dienone is 1. The number of aliphatic hydroxyl groups is 3. The van der Waals surface area contributed by atoms with E-state index in [1.807, 2.05) is 0 Å². The first kappa shape index (κ1) is 27.7. The summed E-state index contributed by atoms with van der Waals surface area (Å²) in [6.45, 7) is 0. The predicted octanol–water partition coefficient (Wildman–Crippen LogP) is 0.876. The Balaban J connectivity index is 0.00000361. The Morgan fingerprint density at radius 1 is 1.22 bits per heavy atom. The van der Waals surface area contributed by atoms with E-state index in [0.717, 1.165) is 0 Å². The number of phenols is 1. The Kier molecular flexibility index (Phi) is 7.30. The first-order valence-electron chi connectivity index (χ1n) is 10.7.